The summed E-state index contributed by atoms with van der Waals surface area (Å²) in [5, 5.41) is 0. The predicted molar refractivity (Wildman–Crippen MR) is 87.6 cm³/mol. The first-order chi connectivity index (χ1) is 13.4. The van der Waals surface area contributed by atoms with E-state index in [1.54, 1.807) is 0 Å². The van der Waals surface area contributed by atoms with Crippen LogP contribution in [0.2, 0.25) is 0 Å². The van der Waals surface area contributed by atoms with E-state index >= 15 is 0 Å². The van der Waals surface area contributed by atoms with E-state index in [1.165, 1.54) is 19.9 Å². The molecule has 0 heterocycles. The van der Waals surface area contributed by atoms with E-state index in [2.05, 4.69) is 0 Å². The highest BCUT2D eigenvalue weighted by Gasteiger charge is 2.34. The largest absolute Gasteiger partial charge is 0.416 e. The molecule has 1 amide bonds. The number of likely N-dealkylation sites (N-methyl/N-ethyl adjacent to an activating group) is 1. The number of alkyl halides is 3. The van der Waals surface area contributed by atoms with Crippen LogP contribution in [0.4, 0.5) is 35.1 Å². The molecule has 1 atom stereocenters. The molecule has 0 spiro atoms. The Morgan fingerprint density at radius 2 is 1.48 bits per heavy atom. The van der Waals surface area contributed by atoms with Crippen molar-refractivity contribution in [2.45, 2.75) is 32.5 Å². The van der Waals surface area contributed by atoms with Crippen molar-refractivity contribution >= 4 is 5.91 Å². The second kappa shape index (κ2) is 8.38. The number of hydrogen-bond donors (Lipinski definition) is 0. The molecule has 0 bridgehead atoms. The van der Waals surface area contributed by atoms with Crippen molar-refractivity contribution in [3.63, 3.8) is 0 Å². The number of carbonyl (C=O) groups excluding carboxylic acids is 1. The molecule has 0 aromatic heterocycles. The van der Waals surface area contributed by atoms with E-state index in [-0.39, 0.29) is 18.5 Å². The Morgan fingerprint density at radius 3 is 1.97 bits per heavy atom. The SMILES string of the molecule is CCN(C(=O)c1c(F)c(F)c(F)c(F)c1F)C(C)Cc1cccc(C(F)(F)F)c1. The highest BCUT2D eigenvalue weighted by Crippen LogP contribution is 2.30. The summed E-state index contributed by atoms with van der Waals surface area (Å²) < 4.78 is 106. The second-order valence-corrected chi connectivity index (χ2v) is 6.29. The molecule has 29 heavy (non-hydrogen) atoms. The van der Waals surface area contributed by atoms with Crippen molar-refractivity contribution in [2.75, 3.05) is 6.54 Å². The van der Waals surface area contributed by atoms with E-state index in [0.29, 0.717) is 0 Å². The molecule has 0 N–H and O–H groups in total. The van der Waals surface area contributed by atoms with E-state index in [9.17, 15) is 39.9 Å². The number of nitrogens with zero attached hydrogens (tertiary/aromatic N) is 1. The van der Waals surface area contributed by atoms with Gasteiger partial charge in [-0.05, 0) is 31.9 Å². The average molecular weight is 425 g/mol. The molecular formula is C19H15F8NO. The molecule has 10 heteroatoms. The van der Waals surface area contributed by atoms with Crippen LogP contribution in [0.25, 0.3) is 0 Å². The van der Waals surface area contributed by atoms with E-state index < -0.39 is 58.3 Å². The Hall–Kier alpha value is -2.65. The zero-order valence-corrected chi connectivity index (χ0v) is 15.2. The van der Waals surface area contributed by atoms with Gasteiger partial charge in [-0.2, -0.15) is 13.2 Å². The van der Waals surface area contributed by atoms with Gasteiger partial charge in [0, 0.05) is 12.6 Å². The molecular weight excluding hydrogens is 410 g/mol. The number of rotatable bonds is 5. The highest BCUT2D eigenvalue weighted by molar-refractivity contribution is 5.95. The molecule has 2 rings (SSSR count). The van der Waals surface area contributed by atoms with Crippen LogP contribution in [0.3, 0.4) is 0 Å². The van der Waals surface area contributed by atoms with Gasteiger partial charge in [-0.1, -0.05) is 18.2 Å². The Labute approximate surface area is 160 Å². The zero-order valence-electron chi connectivity index (χ0n) is 15.2. The second-order valence-electron chi connectivity index (χ2n) is 6.29. The van der Waals surface area contributed by atoms with Crippen LogP contribution >= 0.6 is 0 Å². The lowest BCUT2D eigenvalue weighted by molar-refractivity contribution is -0.137. The lowest BCUT2D eigenvalue weighted by Gasteiger charge is -2.29. The summed E-state index contributed by atoms with van der Waals surface area (Å²) in [5.74, 6) is -12.9. The minimum atomic E-state index is -4.59. The monoisotopic (exact) mass is 425 g/mol. The Balaban J connectivity index is 2.36. The van der Waals surface area contributed by atoms with E-state index in [0.717, 1.165) is 23.1 Å². The number of amides is 1. The maximum absolute atomic E-state index is 13.9. The summed E-state index contributed by atoms with van der Waals surface area (Å²) in [6.45, 7) is 2.60. The van der Waals surface area contributed by atoms with Crippen molar-refractivity contribution in [2.24, 2.45) is 0 Å². The van der Waals surface area contributed by atoms with Crippen molar-refractivity contribution in [3.05, 3.63) is 70.0 Å². The molecule has 2 nitrogen and oxygen atoms in total. The molecule has 158 valence electrons. The fourth-order valence-corrected chi connectivity index (χ4v) is 2.92. The van der Waals surface area contributed by atoms with E-state index in [4.69, 9.17) is 0 Å². The van der Waals surface area contributed by atoms with Crippen LogP contribution in [0, 0.1) is 29.1 Å². The van der Waals surface area contributed by atoms with Crippen LogP contribution < -0.4 is 0 Å². The topological polar surface area (TPSA) is 20.3 Å². The molecule has 1 unspecified atom stereocenters. The first kappa shape index (κ1) is 22.6. The third-order valence-corrected chi connectivity index (χ3v) is 4.34. The van der Waals surface area contributed by atoms with Gasteiger partial charge in [-0.25, -0.2) is 22.0 Å². The minimum absolute atomic E-state index is 0.140. The van der Waals surface area contributed by atoms with Crippen LogP contribution in [0.1, 0.15) is 35.3 Å². The predicted octanol–water partition coefficient (Wildman–Crippen LogP) is 5.49. The van der Waals surface area contributed by atoms with Crippen molar-refractivity contribution in [3.8, 4) is 0 Å². The molecule has 0 radical (unpaired) electrons. The fourth-order valence-electron chi connectivity index (χ4n) is 2.92. The van der Waals surface area contributed by atoms with Crippen LogP contribution in [0.5, 0.6) is 0 Å². The van der Waals surface area contributed by atoms with Gasteiger partial charge in [0.25, 0.3) is 5.91 Å². The third-order valence-electron chi connectivity index (χ3n) is 4.34. The molecule has 0 saturated heterocycles. The number of carbonyl (C=O) groups is 1. The van der Waals surface area contributed by atoms with Gasteiger partial charge in [0.2, 0.25) is 5.82 Å². The lowest BCUT2D eigenvalue weighted by Crippen LogP contribution is -2.41. The van der Waals surface area contributed by atoms with Crippen molar-refractivity contribution in [1.82, 2.24) is 4.90 Å². The first-order valence-electron chi connectivity index (χ1n) is 8.38. The normalized spacial score (nSPS) is 12.8. The average Bonchev–Trinajstić information content (AvgIpc) is 2.65. The van der Waals surface area contributed by atoms with Gasteiger partial charge < -0.3 is 4.90 Å². The Bertz CT molecular complexity index is 896. The number of benzene rings is 2. The number of halogens is 8. The van der Waals surface area contributed by atoms with Crippen LogP contribution in [0.15, 0.2) is 24.3 Å². The summed E-state index contributed by atoms with van der Waals surface area (Å²) >= 11 is 0. The molecule has 0 aliphatic rings. The summed E-state index contributed by atoms with van der Waals surface area (Å²) in [6, 6.07) is 3.33. The smallest absolute Gasteiger partial charge is 0.336 e. The summed E-state index contributed by atoms with van der Waals surface area (Å²) in [7, 11) is 0. The van der Waals surface area contributed by atoms with Gasteiger partial charge in [-0.3, -0.25) is 4.79 Å². The highest BCUT2D eigenvalue weighted by atomic mass is 19.4. The van der Waals surface area contributed by atoms with Gasteiger partial charge >= 0.3 is 6.18 Å². The molecule has 2 aromatic carbocycles. The Morgan fingerprint density at radius 1 is 0.966 bits per heavy atom. The molecule has 0 aliphatic carbocycles. The fraction of sp³-hybridized carbons (Fsp3) is 0.316. The maximum Gasteiger partial charge on any atom is 0.416 e. The standard InChI is InChI=1S/C19H15F8NO/c1-3-28(9(2)7-10-5-4-6-11(8-10)19(25,26)27)18(29)12-13(20)15(22)17(24)16(23)14(12)21/h4-6,8-9H,3,7H2,1-2H3. The van der Waals surface area contributed by atoms with Gasteiger partial charge in [0.1, 0.15) is 5.56 Å². The van der Waals surface area contributed by atoms with Crippen molar-refractivity contribution in [1.29, 1.82) is 0 Å². The molecule has 2 aromatic rings. The third kappa shape index (κ3) is 4.51. The first-order valence-corrected chi connectivity index (χ1v) is 8.38. The number of hydrogen-bond acceptors (Lipinski definition) is 1. The van der Waals surface area contributed by atoms with Gasteiger partial charge in [0.15, 0.2) is 23.3 Å². The minimum Gasteiger partial charge on any atom is -0.336 e. The summed E-state index contributed by atoms with van der Waals surface area (Å²) in [5.41, 5.74) is -2.36. The lowest BCUT2D eigenvalue weighted by atomic mass is 10.0. The summed E-state index contributed by atoms with van der Waals surface area (Å²) in [6.07, 6.45) is -4.73. The maximum atomic E-state index is 13.9. The van der Waals surface area contributed by atoms with Gasteiger partial charge in [-0.15, -0.1) is 0 Å². The van der Waals surface area contributed by atoms with E-state index in [1.807, 2.05) is 0 Å². The van der Waals surface area contributed by atoms with Gasteiger partial charge in [0.05, 0.1) is 5.56 Å². The Kier molecular flexibility index (Phi) is 6.54. The molecule has 0 aliphatic heterocycles. The van der Waals surface area contributed by atoms with Crippen LogP contribution in [-0.4, -0.2) is 23.4 Å². The molecule has 0 saturated carbocycles. The zero-order chi connectivity index (χ0) is 22.1. The van der Waals surface area contributed by atoms with Crippen LogP contribution in [-0.2, 0) is 12.6 Å². The molecule has 0 fully saturated rings. The summed E-state index contributed by atoms with van der Waals surface area (Å²) in [4.78, 5) is 13.3. The van der Waals surface area contributed by atoms with Crippen molar-refractivity contribution < 1.29 is 39.9 Å². The quantitative estimate of drug-likeness (QED) is 0.352.